The fourth-order valence-corrected chi connectivity index (χ4v) is 4.48. The zero-order valence-corrected chi connectivity index (χ0v) is 18.7. The maximum Gasteiger partial charge on any atom is 0.270 e. The Morgan fingerprint density at radius 3 is 2.69 bits per heavy atom. The SMILES string of the molecule is CCCOc1ccc(Br)cc1C=C1SC(=S)N(c2cccc(Br)c2)C1=O. The van der Waals surface area contributed by atoms with E-state index < -0.39 is 0 Å². The summed E-state index contributed by atoms with van der Waals surface area (Å²) in [6.45, 7) is 2.68. The van der Waals surface area contributed by atoms with Gasteiger partial charge in [0.1, 0.15) is 5.75 Å². The van der Waals surface area contributed by atoms with Crippen LogP contribution in [0.4, 0.5) is 5.69 Å². The highest BCUT2D eigenvalue weighted by Crippen LogP contribution is 2.38. The van der Waals surface area contributed by atoms with Crippen LogP contribution in [0.25, 0.3) is 6.08 Å². The van der Waals surface area contributed by atoms with Crippen molar-refractivity contribution in [3.05, 3.63) is 61.9 Å². The molecule has 3 nitrogen and oxygen atoms in total. The highest BCUT2D eigenvalue weighted by molar-refractivity contribution is 9.10. The summed E-state index contributed by atoms with van der Waals surface area (Å²) in [5.41, 5.74) is 1.60. The van der Waals surface area contributed by atoms with Crippen LogP contribution in [0.3, 0.4) is 0 Å². The molecule has 134 valence electrons. The number of hydrogen-bond donors (Lipinski definition) is 0. The van der Waals surface area contributed by atoms with Crippen molar-refractivity contribution in [3.8, 4) is 5.75 Å². The third-order valence-electron chi connectivity index (χ3n) is 3.58. The molecule has 7 heteroatoms. The van der Waals surface area contributed by atoms with Gasteiger partial charge in [-0.1, -0.05) is 68.8 Å². The number of anilines is 1. The molecule has 0 radical (unpaired) electrons. The van der Waals surface area contributed by atoms with Crippen LogP contribution in [0.2, 0.25) is 0 Å². The molecule has 1 heterocycles. The van der Waals surface area contributed by atoms with Crippen molar-refractivity contribution in [1.82, 2.24) is 0 Å². The van der Waals surface area contributed by atoms with E-state index in [1.54, 1.807) is 4.90 Å². The molecule has 3 rings (SSSR count). The highest BCUT2D eigenvalue weighted by Gasteiger charge is 2.33. The largest absolute Gasteiger partial charge is 0.493 e. The fraction of sp³-hybridized carbons (Fsp3) is 0.158. The minimum Gasteiger partial charge on any atom is -0.493 e. The van der Waals surface area contributed by atoms with Crippen molar-refractivity contribution in [3.63, 3.8) is 0 Å². The molecule has 1 aliphatic rings. The molecule has 1 amide bonds. The molecule has 0 aliphatic carbocycles. The van der Waals surface area contributed by atoms with Crippen LogP contribution >= 0.6 is 55.8 Å². The Kier molecular flexibility index (Phi) is 6.55. The Balaban J connectivity index is 1.94. The lowest BCUT2D eigenvalue weighted by molar-refractivity contribution is -0.113. The zero-order chi connectivity index (χ0) is 18.7. The minimum atomic E-state index is -0.125. The Morgan fingerprint density at radius 2 is 1.96 bits per heavy atom. The van der Waals surface area contributed by atoms with E-state index in [9.17, 15) is 4.79 Å². The first-order valence-corrected chi connectivity index (χ1v) is 10.8. The van der Waals surface area contributed by atoms with E-state index in [2.05, 4.69) is 38.8 Å². The van der Waals surface area contributed by atoms with Gasteiger partial charge in [0.2, 0.25) is 0 Å². The summed E-state index contributed by atoms with van der Waals surface area (Å²) in [4.78, 5) is 15.1. The minimum absolute atomic E-state index is 0.125. The average molecular weight is 513 g/mol. The number of nitrogens with zero attached hydrogens (tertiary/aromatic N) is 1. The summed E-state index contributed by atoms with van der Waals surface area (Å²) >= 11 is 13.6. The number of carbonyl (C=O) groups is 1. The van der Waals surface area contributed by atoms with Gasteiger partial charge in [0, 0.05) is 14.5 Å². The van der Waals surface area contributed by atoms with Crippen molar-refractivity contribution in [2.24, 2.45) is 0 Å². The van der Waals surface area contributed by atoms with Gasteiger partial charge in [0.25, 0.3) is 5.91 Å². The second-order valence-electron chi connectivity index (χ2n) is 5.53. The van der Waals surface area contributed by atoms with E-state index in [4.69, 9.17) is 17.0 Å². The van der Waals surface area contributed by atoms with E-state index in [-0.39, 0.29) is 5.91 Å². The molecule has 1 fully saturated rings. The van der Waals surface area contributed by atoms with Crippen LogP contribution in [0.15, 0.2) is 56.3 Å². The van der Waals surface area contributed by atoms with Gasteiger partial charge in [-0.05, 0) is 48.9 Å². The fourth-order valence-electron chi connectivity index (χ4n) is 2.42. The third-order valence-corrected chi connectivity index (χ3v) is 5.87. The summed E-state index contributed by atoms with van der Waals surface area (Å²) in [7, 11) is 0. The molecule has 1 aliphatic heterocycles. The normalized spacial score (nSPS) is 15.8. The molecule has 2 aromatic rings. The maximum atomic E-state index is 12.9. The summed E-state index contributed by atoms with van der Waals surface area (Å²) in [5.74, 6) is 0.627. The summed E-state index contributed by atoms with van der Waals surface area (Å²) in [5, 5.41) is 0. The van der Waals surface area contributed by atoms with Crippen molar-refractivity contribution in [2.45, 2.75) is 13.3 Å². The smallest absolute Gasteiger partial charge is 0.270 e. The Morgan fingerprint density at radius 1 is 1.19 bits per heavy atom. The number of halogens is 2. The van der Waals surface area contributed by atoms with Crippen molar-refractivity contribution in [2.75, 3.05) is 11.5 Å². The van der Waals surface area contributed by atoms with Crippen LogP contribution < -0.4 is 9.64 Å². The van der Waals surface area contributed by atoms with Crippen LogP contribution in [0, 0.1) is 0 Å². The molecule has 0 atom stereocenters. The zero-order valence-electron chi connectivity index (χ0n) is 13.9. The van der Waals surface area contributed by atoms with E-state index in [0.29, 0.717) is 15.8 Å². The van der Waals surface area contributed by atoms with Crippen molar-refractivity contribution < 1.29 is 9.53 Å². The Bertz CT molecular complexity index is 899. The number of rotatable bonds is 5. The first kappa shape index (κ1) is 19.6. The number of amides is 1. The van der Waals surface area contributed by atoms with Gasteiger partial charge in [0.15, 0.2) is 4.32 Å². The lowest BCUT2D eigenvalue weighted by Crippen LogP contribution is -2.27. The number of carbonyl (C=O) groups excluding carboxylic acids is 1. The summed E-state index contributed by atoms with van der Waals surface area (Å²) in [6, 6.07) is 13.3. The lowest BCUT2D eigenvalue weighted by Gasteiger charge is -2.14. The van der Waals surface area contributed by atoms with Gasteiger partial charge in [0.05, 0.1) is 17.2 Å². The predicted molar refractivity (Wildman–Crippen MR) is 120 cm³/mol. The number of benzene rings is 2. The molecular formula is C19H15Br2NO2S2. The third kappa shape index (κ3) is 4.39. The van der Waals surface area contributed by atoms with Gasteiger partial charge in [-0.3, -0.25) is 9.69 Å². The van der Waals surface area contributed by atoms with Gasteiger partial charge >= 0.3 is 0 Å². The monoisotopic (exact) mass is 511 g/mol. The summed E-state index contributed by atoms with van der Waals surface area (Å²) in [6.07, 6.45) is 2.76. The molecule has 0 N–H and O–H groups in total. The maximum absolute atomic E-state index is 12.9. The van der Waals surface area contributed by atoms with Crippen LogP contribution in [0.1, 0.15) is 18.9 Å². The quantitative estimate of drug-likeness (QED) is 0.342. The summed E-state index contributed by atoms with van der Waals surface area (Å²) < 4.78 is 8.15. The molecule has 2 aromatic carbocycles. The topological polar surface area (TPSA) is 29.5 Å². The van der Waals surface area contributed by atoms with E-state index in [1.165, 1.54) is 11.8 Å². The number of thiocarbonyl (C=S) groups is 1. The number of hydrogen-bond acceptors (Lipinski definition) is 4. The average Bonchev–Trinajstić information content (AvgIpc) is 2.88. The molecule has 1 saturated heterocycles. The molecule has 0 saturated carbocycles. The first-order valence-electron chi connectivity index (χ1n) is 7.95. The second kappa shape index (κ2) is 8.69. The van der Waals surface area contributed by atoms with Crippen LogP contribution in [-0.4, -0.2) is 16.8 Å². The molecule has 0 unspecified atom stereocenters. The number of ether oxygens (including phenoxy) is 1. The van der Waals surface area contributed by atoms with Gasteiger partial charge in [-0.15, -0.1) is 0 Å². The second-order valence-corrected chi connectivity index (χ2v) is 9.03. The van der Waals surface area contributed by atoms with Crippen molar-refractivity contribution in [1.29, 1.82) is 0 Å². The van der Waals surface area contributed by atoms with Crippen LogP contribution in [0.5, 0.6) is 5.75 Å². The lowest BCUT2D eigenvalue weighted by atomic mass is 10.2. The molecular weight excluding hydrogens is 498 g/mol. The molecule has 0 spiro atoms. The number of thioether (sulfide) groups is 1. The van der Waals surface area contributed by atoms with Crippen molar-refractivity contribution >= 4 is 77.8 Å². The highest BCUT2D eigenvalue weighted by atomic mass is 79.9. The first-order chi connectivity index (χ1) is 12.5. The Labute approximate surface area is 179 Å². The van der Waals surface area contributed by atoms with Gasteiger partial charge < -0.3 is 4.74 Å². The molecule has 26 heavy (non-hydrogen) atoms. The molecule has 0 aromatic heterocycles. The Hall–Kier alpha value is -1.15. The van der Waals surface area contributed by atoms with E-state index in [1.807, 2.05) is 48.5 Å². The van der Waals surface area contributed by atoms with Crippen LogP contribution in [-0.2, 0) is 4.79 Å². The van der Waals surface area contributed by atoms with Gasteiger partial charge in [-0.25, -0.2) is 0 Å². The van der Waals surface area contributed by atoms with Gasteiger partial charge in [-0.2, -0.15) is 0 Å². The molecule has 0 bridgehead atoms. The van der Waals surface area contributed by atoms with E-state index >= 15 is 0 Å². The predicted octanol–water partition coefficient (Wildman–Crippen LogP) is 6.41. The standard InChI is InChI=1S/C19H15Br2NO2S2/c1-2-8-24-16-7-6-14(21)9-12(16)10-17-18(23)22(19(25)26-17)15-5-3-4-13(20)11-15/h3-7,9-11H,2,8H2,1H3. The van der Waals surface area contributed by atoms with E-state index in [0.717, 1.165) is 32.4 Å².